The lowest BCUT2D eigenvalue weighted by Crippen LogP contribution is -2.32. The summed E-state index contributed by atoms with van der Waals surface area (Å²) in [6, 6.07) is 15.9. The molecule has 1 atom stereocenters. The van der Waals surface area contributed by atoms with Gasteiger partial charge in [0.2, 0.25) is 0 Å². The molecule has 0 aromatic heterocycles. The minimum Gasteiger partial charge on any atom is -0.456 e. The van der Waals surface area contributed by atoms with Gasteiger partial charge in [0.05, 0.1) is 22.8 Å². The number of anilines is 2. The van der Waals surface area contributed by atoms with Crippen molar-refractivity contribution >= 4 is 53.2 Å². The number of benzene rings is 3. The minimum absolute atomic E-state index is 0. The van der Waals surface area contributed by atoms with E-state index < -0.39 is 23.8 Å². The number of nitrogens with one attached hydrogen (secondary N) is 1. The summed E-state index contributed by atoms with van der Waals surface area (Å²) < 4.78 is 19.5. The van der Waals surface area contributed by atoms with E-state index in [-0.39, 0.29) is 35.4 Å². The van der Waals surface area contributed by atoms with Crippen LogP contribution < -0.4 is 16.0 Å². The molecule has 10 heteroatoms. The molecule has 0 saturated carbocycles. The van der Waals surface area contributed by atoms with Gasteiger partial charge in [0.1, 0.15) is 11.9 Å². The number of hydrogen-bond acceptors (Lipinski definition) is 5. The summed E-state index contributed by atoms with van der Waals surface area (Å²) in [5.74, 6) is -1.80. The zero-order valence-corrected chi connectivity index (χ0v) is 21.6. The third-order valence-corrected chi connectivity index (χ3v) is 6.32. The number of rotatable bonds is 5. The Kier molecular flexibility index (Phi) is 9.26. The molecule has 1 heterocycles. The number of amides is 2. The predicted octanol–water partition coefficient (Wildman–Crippen LogP) is 5.45. The van der Waals surface area contributed by atoms with Gasteiger partial charge in [-0.2, -0.15) is 0 Å². The summed E-state index contributed by atoms with van der Waals surface area (Å²) >= 11 is 6.47. The largest absolute Gasteiger partial charge is 0.456 e. The normalized spacial score (nSPS) is 14.6. The van der Waals surface area contributed by atoms with Crippen LogP contribution in [-0.4, -0.2) is 30.9 Å². The van der Waals surface area contributed by atoms with Crippen LogP contribution in [0.25, 0.3) is 0 Å². The summed E-state index contributed by atoms with van der Waals surface area (Å²) in [6.07, 6.45) is 0.190. The fourth-order valence-electron chi connectivity index (χ4n) is 4.22. The molecular formula is C27H26Cl2FN3O4. The SMILES string of the molecule is Cc1ccccc1C(=O)Nc1ccc(C(=O)N2CCCC(OC(=O)CN)c3cc(F)ccc32)c(Cl)c1.Cl. The van der Waals surface area contributed by atoms with Crippen molar-refractivity contribution in [1.82, 2.24) is 0 Å². The molecule has 0 fully saturated rings. The lowest BCUT2D eigenvalue weighted by Gasteiger charge is -2.25. The molecule has 0 saturated heterocycles. The molecule has 1 aliphatic heterocycles. The van der Waals surface area contributed by atoms with Crippen molar-refractivity contribution in [3.8, 4) is 0 Å². The predicted molar refractivity (Wildman–Crippen MR) is 143 cm³/mol. The van der Waals surface area contributed by atoms with Crippen molar-refractivity contribution in [3.63, 3.8) is 0 Å². The minimum atomic E-state index is -0.723. The number of esters is 1. The van der Waals surface area contributed by atoms with Crippen LogP contribution in [0.4, 0.5) is 15.8 Å². The Bertz CT molecular complexity index is 1330. The van der Waals surface area contributed by atoms with Gasteiger partial charge in [-0.05, 0) is 67.8 Å². The Morgan fingerprint density at radius 3 is 2.57 bits per heavy atom. The molecule has 0 spiro atoms. The Labute approximate surface area is 225 Å². The highest BCUT2D eigenvalue weighted by Crippen LogP contribution is 2.37. The second kappa shape index (κ2) is 12.2. The summed E-state index contributed by atoms with van der Waals surface area (Å²) in [5, 5.41) is 2.95. The fourth-order valence-corrected chi connectivity index (χ4v) is 4.48. The van der Waals surface area contributed by atoms with Crippen LogP contribution in [0.3, 0.4) is 0 Å². The molecule has 0 aliphatic carbocycles. The molecule has 194 valence electrons. The first-order valence-corrected chi connectivity index (χ1v) is 11.8. The summed E-state index contributed by atoms with van der Waals surface area (Å²) in [6.45, 7) is 1.86. The highest BCUT2D eigenvalue weighted by atomic mass is 35.5. The number of halogens is 3. The Morgan fingerprint density at radius 2 is 1.86 bits per heavy atom. The topological polar surface area (TPSA) is 102 Å². The number of carbonyl (C=O) groups is 3. The zero-order chi connectivity index (χ0) is 25.8. The molecule has 3 aromatic carbocycles. The highest BCUT2D eigenvalue weighted by molar-refractivity contribution is 6.35. The van der Waals surface area contributed by atoms with E-state index in [1.165, 1.54) is 35.2 Å². The van der Waals surface area contributed by atoms with Gasteiger partial charge in [0, 0.05) is 23.4 Å². The third-order valence-electron chi connectivity index (χ3n) is 6.01. The summed E-state index contributed by atoms with van der Waals surface area (Å²) in [5.41, 5.74) is 8.23. The fraction of sp³-hybridized carbons (Fsp3) is 0.222. The zero-order valence-electron chi connectivity index (χ0n) is 20.0. The van der Waals surface area contributed by atoms with Gasteiger partial charge in [-0.25, -0.2) is 4.39 Å². The molecule has 37 heavy (non-hydrogen) atoms. The van der Waals surface area contributed by atoms with Crippen molar-refractivity contribution < 1.29 is 23.5 Å². The van der Waals surface area contributed by atoms with Gasteiger partial charge in [0.15, 0.2) is 0 Å². The molecule has 1 aliphatic rings. The lowest BCUT2D eigenvalue weighted by atomic mass is 10.0. The molecule has 3 N–H and O–H groups in total. The van der Waals surface area contributed by atoms with E-state index in [2.05, 4.69) is 5.32 Å². The smallest absolute Gasteiger partial charge is 0.320 e. The van der Waals surface area contributed by atoms with Crippen LogP contribution in [-0.2, 0) is 9.53 Å². The number of nitrogens with zero attached hydrogens (tertiary/aromatic N) is 1. The number of hydrogen-bond donors (Lipinski definition) is 2. The van der Waals surface area contributed by atoms with Crippen LogP contribution in [0.1, 0.15) is 50.8 Å². The first kappa shape index (κ1) is 28.1. The number of carbonyl (C=O) groups excluding carboxylic acids is 3. The van der Waals surface area contributed by atoms with E-state index in [1.807, 2.05) is 19.1 Å². The maximum atomic E-state index is 14.1. The van der Waals surface area contributed by atoms with Crippen molar-refractivity contribution in [1.29, 1.82) is 0 Å². The maximum absolute atomic E-state index is 14.1. The second-order valence-electron chi connectivity index (χ2n) is 8.45. The van der Waals surface area contributed by atoms with E-state index in [0.717, 1.165) is 5.56 Å². The van der Waals surface area contributed by atoms with Gasteiger partial charge in [-0.1, -0.05) is 29.8 Å². The van der Waals surface area contributed by atoms with E-state index in [9.17, 15) is 18.8 Å². The first-order valence-electron chi connectivity index (χ1n) is 11.5. The van der Waals surface area contributed by atoms with Gasteiger partial charge < -0.3 is 20.7 Å². The number of fused-ring (bicyclic) bond motifs is 1. The molecule has 0 bridgehead atoms. The van der Waals surface area contributed by atoms with Crippen molar-refractivity contribution in [2.24, 2.45) is 5.73 Å². The monoisotopic (exact) mass is 545 g/mol. The third kappa shape index (κ3) is 6.28. The number of nitrogens with two attached hydrogens (primary N) is 1. The maximum Gasteiger partial charge on any atom is 0.320 e. The molecule has 2 amide bonds. The molecule has 1 unspecified atom stereocenters. The van der Waals surface area contributed by atoms with Crippen molar-refractivity contribution in [3.05, 3.63) is 93.8 Å². The Hall–Kier alpha value is -3.46. The molecule has 0 radical (unpaired) electrons. The van der Waals surface area contributed by atoms with Crippen molar-refractivity contribution in [2.75, 3.05) is 23.3 Å². The average molecular weight is 546 g/mol. The molecule has 7 nitrogen and oxygen atoms in total. The average Bonchev–Trinajstić information content (AvgIpc) is 3.03. The molecule has 3 aromatic rings. The molecule has 4 rings (SSSR count). The van der Waals surface area contributed by atoms with Gasteiger partial charge in [-0.3, -0.25) is 14.4 Å². The van der Waals surface area contributed by atoms with Crippen LogP contribution in [0.2, 0.25) is 5.02 Å². The van der Waals surface area contributed by atoms with Crippen LogP contribution in [0.5, 0.6) is 0 Å². The summed E-state index contributed by atoms with van der Waals surface area (Å²) in [4.78, 5) is 39.5. The Balaban J connectivity index is 0.00000380. The Morgan fingerprint density at radius 1 is 1.11 bits per heavy atom. The standard InChI is InChI=1S/C27H25ClFN3O4.ClH/c1-16-5-2-3-6-19(16)26(34)31-18-9-10-20(22(28)14-18)27(35)32-12-4-7-24(36-25(33)15-30)21-13-17(29)8-11-23(21)32;/h2-3,5-6,8-11,13-14,24H,4,7,12,15,30H2,1H3,(H,31,34);1H. The van der Waals surface area contributed by atoms with E-state index >= 15 is 0 Å². The van der Waals surface area contributed by atoms with E-state index in [0.29, 0.717) is 41.9 Å². The lowest BCUT2D eigenvalue weighted by molar-refractivity contribution is -0.148. The quantitative estimate of drug-likeness (QED) is 0.415. The first-order chi connectivity index (χ1) is 17.3. The van der Waals surface area contributed by atoms with E-state index in [1.54, 1.807) is 18.2 Å². The molecular weight excluding hydrogens is 520 g/mol. The van der Waals surface area contributed by atoms with Gasteiger partial charge >= 0.3 is 5.97 Å². The van der Waals surface area contributed by atoms with E-state index in [4.69, 9.17) is 22.1 Å². The number of ether oxygens (including phenoxy) is 1. The van der Waals surface area contributed by atoms with Gasteiger partial charge in [0.25, 0.3) is 11.8 Å². The van der Waals surface area contributed by atoms with Crippen LogP contribution in [0.15, 0.2) is 60.7 Å². The van der Waals surface area contributed by atoms with Crippen LogP contribution >= 0.6 is 24.0 Å². The number of aryl methyl sites for hydroxylation is 1. The van der Waals surface area contributed by atoms with Crippen LogP contribution in [0, 0.1) is 12.7 Å². The summed E-state index contributed by atoms with van der Waals surface area (Å²) in [7, 11) is 0. The highest BCUT2D eigenvalue weighted by Gasteiger charge is 2.30. The van der Waals surface area contributed by atoms with Crippen molar-refractivity contribution in [2.45, 2.75) is 25.9 Å². The van der Waals surface area contributed by atoms with Gasteiger partial charge in [-0.15, -0.1) is 12.4 Å². The second-order valence-corrected chi connectivity index (χ2v) is 8.86.